The summed E-state index contributed by atoms with van der Waals surface area (Å²) in [6.45, 7) is 7.96. The van der Waals surface area contributed by atoms with E-state index in [-0.39, 0.29) is 0 Å². The van der Waals surface area contributed by atoms with E-state index >= 15 is 0 Å². The first kappa shape index (κ1) is 20.9. The molecule has 0 aromatic carbocycles. The molecule has 0 radical (unpaired) electrons. The maximum Gasteiger partial charge on any atom is 0.194 e. The SMILES string of the molecule is CCNC(=NCCCCCCCN(C)C)N(C)Cc1csc(C)n1. The van der Waals surface area contributed by atoms with Gasteiger partial charge in [-0.25, -0.2) is 4.98 Å². The summed E-state index contributed by atoms with van der Waals surface area (Å²) >= 11 is 1.70. The van der Waals surface area contributed by atoms with Gasteiger partial charge >= 0.3 is 0 Å². The van der Waals surface area contributed by atoms with Crippen molar-refractivity contribution in [1.82, 2.24) is 20.1 Å². The Balaban J connectivity index is 2.28. The van der Waals surface area contributed by atoms with E-state index in [9.17, 15) is 0 Å². The molecule has 0 amide bonds. The predicted octanol–water partition coefficient (Wildman–Crippen LogP) is 3.36. The summed E-state index contributed by atoms with van der Waals surface area (Å²) in [5.74, 6) is 0.982. The highest BCUT2D eigenvalue weighted by Gasteiger charge is 2.08. The van der Waals surface area contributed by atoms with E-state index in [4.69, 9.17) is 4.99 Å². The van der Waals surface area contributed by atoms with Crippen molar-refractivity contribution in [2.24, 2.45) is 4.99 Å². The molecule has 138 valence electrons. The zero-order valence-electron chi connectivity index (χ0n) is 16.1. The Hall–Kier alpha value is -1.14. The van der Waals surface area contributed by atoms with Crippen molar-refractivity contribution in [3.8, 4) is 0 Å². The van der Waals surface area contributed by atoms with Crippen molar-refractivity contribution in [3.05, 3.63) is 16.1 Å². The van der Waals surface area contributed by atoms with Crippen molar-refractivity contribution in [2.45, 2.75) is 52.5 Å². The first-order chi connectivity index (χ1) is 11.5. The molecule has 0 bridgehead atoms. The first-order valence-electron chi connectivity index (χ1n) is 9.08. The number of rotatable bonds is 11. The highest BCUT2D eigenvalue weighted by Crippen LogP contribution is 2.10. The van der Waals surface area contributed by atoms with Gasteiger partial charge in [0.15, 0.2) is 5.96 Å². The third-order valence-corrected chi connectivity index (χ3v) is 4.61. The van der Waals surface area contributed by atoms with Gasteiger partial charge in [-0.15, -0.1) is 11.3 Å². The van der Waals surface area contributed by atoms with E-state index in [0.29, 0.717) is 0 Å². The molecule has 0 spiro atoms. The van der Waals surface area contributed by atoms with Crippen molar-refractivity contribution < 1.29 is 0 Å². The summed E-state index contributed by atoms with van der Waals surface area (Å²) in [5, 5.41) is 6.63. The third kappa shape index (κ3) is 9.23. The van der Waals surface area contributed by atoms with E-state index in [2.05, 4.69) is 53.5 Å². The number of unbranched alkanes of at least 4 members (excludes halogenated alkanes) is 4. The van der Waals surface area contributed by atoms with Crippen LogP contribution in [0, 0.1) is 6.92 Å². The van der Waals surface area contributed by atoms with Gasteiger partial charge < -0.3 is 15.1 Å². The minimum atomic E-state index is 0.806. The molecule has 5 nitrogen and oxygen atoms in total. The zero-order chi connectivity index (χ0) is 17.8. The minimum Gasteiger partial charge on any atom is -0.357 e. The molecule has 0 aliphatic heterocycles. The second kappa shape index (κ2) is 12.3. The van der Waals surface area contributed by atoms with E-state index in [1.807, 2.05) is 6.92 Å². The summed E-state index contributed by atoms with van der Waals surface area (Å²) in [4.78, 5) is 13.7. The molecule has 0 saturated heterocycles. The lowest BCUT2D eigenvalue weighted by molar-refractivity contribution is 0.390. The van der Waals surface area contributed by atoms with Gasteiger partial charge in [0.25, 0.3) is 0 Å². The Morgan fingerprint density at radius 2 is 1.88 bits per heavy atom. The van der Waals surface area contributed by atoms with E-state index in [0.717, 1.165) is 36.3 Å². The van der Waals surface area contributed by atoms with Crippen molar-refractivity contribution >= 4 is 17.3 Å². The highest BCUT2D eigenvalue weighted by atomic mass is 32.1. The molecule has 0 fully saturated rings. The average molecular weight is 354 g/mol. The Bertz CT molecular complexity index is 470. The molecule has 24 heavy (non-hydrogen) atoms. The second-order valence-corrected chi connectivity index (χ2v) is 7.58. The number of thiazole rings is 1. The number of hydrogen-bond acceptors (Lipinski definition) is 4. The molecule has 1 N–H and O–H groups in total. The van der Waals surface area contributed by atoms with Crippen LogP contribution < -0.4 is 5.32 Å². The molecule has 0 aliphatic rings. The Morgan fingerprint density at radius 1 is 1.17 bits per heavy atom. The number of aliphatic imine (C=N–C) groups is 1. The van der Waals surface area contributed by atoms with Crippen LogP contribution >= 0.6 is 11.3 Å². The second-order valence-electron chi connectivity index (χ2n) is 6.52. The smallest absolute Gasteiger partial charge is 0.194 e. The topological polar surface area (TPSA) is 43.8 Å². The molecule has 6 heteroatoms. The fourth-order valence-corrected chi connectivity index (χ4v) is 3.13. The van der Waals surface area contributed by atoms with Crippen LogP contribution in [0.5, 0.6) is 0 Å². The quantitative estimate of drug-likeness (QED) is 0.376. The van der Waals surface area contributed by atoms with E-state index in [1.165, 1.54) is 38.6 Å². The largest absolute Gasteiger partial charge is 0.357 e. The lowest BCUT2D eigenvalue weighted by atomic mass is 10.1. The summed E-state index contributed by atoms with van der Waals surface area (Å²) in [7, 11) is 6.36. The van der Waals surface area contributed by atoms with Crippen LogP contribution in [0.1, 0.15) is 49.7 Å². The zero-order valence-corrected chi connectivity index (χ0v) is 17.0. The highest BCUT2D eigenvalue weighted by molar-refractivity contribution is 7.09. The van der Waals surface area contributed by atoms with Crippen LogP contribution in [-0.4, -0.2) is 61.5 Å². The molecular formula is C18H35N5S. The van der Waals surface area contributed by atoms with Crippen molar-refractivity contribution in [1.29, 1.82) is 0 Å². The minimum absolute atomic E-state index is 0.806. The third-order valence-electron chi connectivity index (χ3n) is 3.79. The van der Waals surface area contributed by atoms with Crippen molar-refractivity contribution in [2.75, 3.05) is 40.8 Å². The molecular weight excluding hydrogens is 318 g/mol. The number of guanidine groups is 1. The monoisotopic (exact) mass is 353 g/mol. The lowest BCUT2D eigenvalue weighted by Gasteiger charge is -2.21. The summed E-state index contributed by atoms with van der Waals surface area (Å²) in [6.07, 6.45) is 6.37. The Labute approximate surface area is 152 Å². The normalized spacial score (nSPS) is 12.0. The lowest BCUT2D eigenvalue weighted by Crippen LogP contribution is -2.38. The molecule has 1 heterocycles. The van der Waals surface area contributed by atoms with Crippen LogP contribution in [0.3, 0.4) is 0 Å². The Morgan fingerprint density at radius 3 is 2.50 bits per heavy atom. The van der Waals surface area contributed by atoms with Crippen LogP contribution in [0.4, 0.5) is 0 Å². The summed E-state index contributed by atoms with van der Waals surface area (Å²) in [5.41, 5.74) is 1.12. The number of nitrogens with zero attached hydrogens (tertiary/aromatic N) is 4. The van der Waals surface area contributed by atoms with Gasteiger partial charge in [0.2, 0.25) is 0 Å². The summed E-state index contributed by atoms with van der Waals surface area (Å²) in [6, 6.07) is 0. The molecule has 1 aromatic heterocycles. The van der Waals surface area contributed by atoms with Gasteiger partial charge in [-0.1, -0.05) is 19.3 Å². The van der Waals surface area contributed by atoms with Crippen LogP contribution in [-0.2, 0) is 6.54 Å². The number of aryl methyl sites for hydroxylation is 1. The van der Waals surface area contributed by atoms with Crippen LogP contribution in [0.15, 0.2) is 10.4 Å². The average Bonchev–Trinajstić information content (AvgIpc) is 2.93. The fraction of sp³-hybridized carbons (Fsp3) is 0.778. The first-order valence-corrected chi connectivity index (χ1v) is 9.96. The Kier molecular flexibility index (Phi) is 10.7. The molecule has 1 rings (SSSR count). The van der Waals surface area contributed by atoms with Gasteiger partial charge in [0.1, 0.15) is 0 Å². The maximum absolute atomic E-state index is 4.76. The van der Waals surface area contributed by atoms with Crippen LogP contribution in [0.2, 0.25) is 0 Å². The molecule has 0 atom stereocenters. The van der Waals surface area contributed by atoms with E-state index < -0.39 is 0 Å². The molecule has 0 saturated carbocycles. The van der Waals surface area contributed by atoms with Crippen molar-refractivity contribution in [3.63, 3.8) is 0 Å². The molecule has 1 aromatic rings. The van der Waals surface area contributed by atoms with Gasteiger partial charge in [0.05, 0.1) is 17.2 Å². The standard InChI is InChI=1S/C18H35N5S/c1-6-19-18(23(5)14-17-15-24-16(2)21-17)20-12-10-8-7-9-11-13-22(3)4/h15H,6-14H2,1-5H3,(H,19,20). The van der Waals surface area contributed by atoms with Gasteiger partial charge in [-0.2, -0.15) is 0 Å². The van der Waals surface area contributed by atoms with E-state index in [1.54, 1.807) is 11.3 Å². The van der Waals surface area contributed by atoms with Gasteiger partial charge in [-0.3, -0.25) is 4.99 Å². The number of nitrogens with one attached hydrogen (secondary N) is 1. The van der Waals surface area contributed by atoms with Crippen LogP contribution in [0.25, 0.3) is 0 Å². The predicted molar refractivity (Wildman–Crippen MR) is 106 cm³/mol. The molecule has 0 unspecified atom stereocenters. The molecule has 0 aliphatic carbocycles. The maximum atomic E-state index is 4.76. The fourth-order valence-electron chi connectivity index (χ4n) is 2.52. The van der Waals surface area contributed by atoms with Gasteiger partial charge in [0, 0.05) is 25.5 Å². The van der Waals surface area contributed by atoms with Gasteiger partial charge in [-0.05, 0) is 47.3 Å². The number of aromatic nitrogens is 1. The summed E-state index contributed by atoms with van der Waals surface area (Å²) < 4.78 is 0. The number of hydrogen-bond donors (Lipinski definition) is 1.